The van der Waals surface area contributed by atoms with Crippen LogP contribution in [0.1, 0.15) is 35.2 Å². The van der Waals surface area contributed by atoms with Gasteiger partial charge in [0.25, 0.3) is 0 Å². The summed E-state index contributed by atoms with van der Waals surface area (Å²) in [7, 11) is 2.16. The third-order valence-corrected chi connectivity index (χ3v) is 4.22. The summed E-state index contributed by atoms with van der Waals surface area (Å²) in [6, 6.07) is 4.40. The molecule has 1 aliphatic heterocycles. The van der Waals surface area contributed by atoms with Crippen LogP contribution < -0.4 is 11.1 Å². The molecule has 1 aromatic rings. The molecule has 1 aliphatic rings. The van der Waals surface area contributed by atoms with Gasteiger partial charge in [-0.2, -0.15) is 0 Å². The Balaban J connectivity index is 1.72. The van der Waals surface area contributed by atoms with Crippen LogP contribution >= 0.6 is 0 Å². The number of nitrogens with two attached hydrogens (primary N) is 1. The van der Waals surface area contributed by atoms with Crippen LogP contribution in [0.5, 0.6) is 0 Å². The van der Waals surface area contributed by atoms with Crippen molar-refractivity contribution in [2.75, 3.05) is 26.7 Å². The fourth-order valence-electron chi connectivity index (χ4n) is 2.72. The van der Waals surface area contributed by atoms with Gasteiger partial charge in [0.1, 0.15) is 5.82 Å². The lowest BCUT2D eigenvalue weighted by Gasteiger charge is -2.28. The Morgan fingerprint density at radius 2 is 2.14 bits per heavy atom. The maximum absolute atomic E-state index is 13.8. The smallest absolute Gasteiger partial charge is 0.248 e. The molecular weight excluding hydrogens is 269 g/mol. The molecule has 116 valence electrons. The Labute approximate surface area is 125 Å². The Bertz CT molecular complexity index is 484. The van der Waals surface area contributed by atoms with Gasteiger partial charge in [-0.3, -0.25) is 4.79 Å². The van der Waals surface area contributed by atoms with E-state index in [0.29, 0.717) is 12.1 Å². The number of hydrogen-bond acceptors (Lipinski definition) is 3. The number of likely N-dealkylation sites (tertiary alicyclic amines) is 1. The lowest BCUT2D eigenvalue weighted by molar-refractivity contribution is 0.1000. The Morgan fingerprint density at radius 1 is 1.43 bits per heavy atom. The molecule has 4 nitrogen and oxygen atoms in total. The van der Waals surface area contributed by atoms with Crippen LogP contribution in [0.2, 0.25) is 0 Å². The second-order valence-corrected chi connectivity index (χ2v) is 5.88. The second-order valence-electron chi connectivity index (χ2n) is 5.88. The summed E-state index contributed by atoms with van der Waals surface area (Å²) in [5.41, 5.74) is 5.91. The van der Waals surface area contributed by atoms with Crippen LogP contribution in [0.25, 0.3) is 0 Å². The van der Waals surface area contributed by atoms with Gasteiger partial charge in [-0.1, -0.05) is 6.07 Å². The molecule has 3 N–H and O–H groups in total. The monoisotopic (exact) mass is 293 g/mol. The topological polar surface area (TPSA) is 58.4 Å². The van der Waals surface area contributed by atoms with Crippen molar-refractivity contribution in [3.05, 3.63) is 35.1 Å². The molecule has 1 aromatic carbocycles. The molecule has 0 bridgehead atoms. The third kappa shape index (κ3) is 4.79. The van der Waals surface area contributed by atoms with Crippen molar-refractivity contribution < 1.29 is 9.18 Å². The molecule has 1 heterocycles. The predicted molar refractivity (Wildman–Crippen MR) is 81.5 cm³/mol. The summed E-state index contributed by atoms with van der Waals surface area (Å²) >= 11 is 0. The summed E-state index contributed by atoms with van der Waals surface area (Å²) in [5, 5.41) is 3.28. The van der Waals surface area contributed by atoms with Gasteiger partial charge in [-0.15, -0.1) is 0 Å². The molecular formula is C16H24FN3O. The average molecular weight is 293 g/mol. The number of piperidine rings is 1. The molecule has 0 radical (unpaired) electrons. The Hall–Kier alpha value is -1.46. The SMILES string of the molecule is CN1CCC(CCNCc2ccc(C(N)=O)cc2F)CC1. The number of benzene rings is 1. The van der Waals surface area contributed by atoms with Crippen molar-refractivity contribution >= 4 is 5.91 Å². The first-order valence-electron chi connectivity index (χ1n) is 7.53. The van der Waals surface area contributed by atoms with E-state index >= 15 is 0 Å². The van der Waals surface area contributed by atoms with Crippen molar-refractivity contribution in [1.82, 2.24) is 10.2 Å². The largest absolute Gasteiger partial charge is 0.366 e. The minimum absolute atomic E-state index is 0.211. The highest BCUT2D eigenvalue weighted by Gasteiger charge is 2.16. The zero-order valence-electron chi connectivity index (χ0n) is 12.6. The summed E-state index contributed by atoms with van der Waals surface area (Å²) < 4.78 is 13.8. The van der Waals surface area contributed by atoms with Gasteiger partial charge in [0.05, 0.1) is 0 Å². The number of amides is 1. The van der Waals surface area contributed by atoms with Gasteiger partial charge in [-0.05, 0) is 64.0 Å². The van der Waals surface area contributed by atoms with Crippen LogP contribution in [0.4, 0.5) is 4.39 Å². The zero-order chi connectivity index (χ0) is 15.2. The number of carbonyl (C=O) groups is 1. The van der Waals surface area contributed by atoms with E-state index in [1.54, 1.807) is 12.1 Å². The van der Waals surface area contributed by atoms with Gasteiger partial charge in [0.15, 0.2) is 0 Å². The minimum Gasteiger partial charge on any atom is -0.366 e. The molecule has 0 atom stereocenters. The van der Waals surface area contributed by atoms with Crippen molar-refractivity contribution in [3.8, 4) is 0 Å². The van der Waals surface area contributed by atoms with Crippen molar-refractivity contribution in [2.24, 2.45) is 11.7 Å². The molecule has 5 heteroatoms. The van der Waals surface area contributed by atoms with Crippen LogP contribution in [0.15, 0.2) is 18.2 Å². The van der Waals surface area contributed by atoms with Gasteiger partial charge < -0.3 is 16.0 Å². The van der Waals surface area contributed by atoms with Gasteiger partial charge in [0.2, 0.25) is 5.91 Å². The number of carbonyl (C=O) groups excluding carboxylic acids is 1. The van der Waals surface area contributed by atoms with Crippen LogP contribution in [0, 0.1) is 11.7 Å². The first-order valence-corrected chi connectivity index (χ1v) is 7.53. The molecule has 0 spiro atoms. The number of nitrogens with zero attached hydrogens (tertiary/aromatic N) is 1. The number of hydrogen-bond donors (Lipinski definition) is 2. The molecule has 0 saturated carbocycles. The molecule has 1 amide bonds. The van der Waals surface area contributed by atoms with E-state index < -0.39 is 5.91 Å². The van der Waals surface area contributed by atoms with Gasteiger partial charge >= 0.3 is 0 Å². The van der Waals surface area contributed by atoms with Crippen LogP contribution in [-0.2, 0) is 6.54 Å². The molecule has 2 rings (SSSR count). The minimum atomic E-state index is -0.601. The number of rotatable bonds is 6. The molecule has 1 saturated heterocycles. The molecule has 1 fully saturated rings. The highest BCUT2D eigenvalue weighted by molar-refractivity contribution is 5.92. The predicted octanol–water partition coefficient (Wildman–Crippen LogP) is 1.75. The van der Waals surface area contributed by atoms with E-state index in [-0.39, 0.29) is 11.4 Å². The fraction of sp³-hybridized carbons (Fsp3) is 0.562. The van der Waals surface area contributed by atoms with E-state index in [9.17, 15) is 9.18 Å². The molecule has 0 aliphatic carbocycles. The van der Waals surface area contributed by atoms with Gasteiger partial charge in [-0.25, -0.2) is 4.39 Å². The van der Waals surface area contributed by atoms with E-state index in [4.69, 9.17) is 5.73 Å². The van der Waals surface area contributed by atoms with Crippen molar-refractivity contribution in [3.63, 3.8) is 0 Å². The van der Waals surface area contributed by atoms with E-state index in [1.807, 2.05) is 0 Å². The van der Waals surface area contributed by atoms with E-state index in [2.05, 4.69) is 17.3 Å². The first kappa shape index (κ1) is 15.9. The maximum atomic E-state index is 13.8. The standard InChI is InChI=1S/C16H24FN3O/c1-20-8-5-12(6-9-20)4-7-19-11-14-3-2-13(16(18)21)10-15(14)17/h2-3,10,12,19H,4-9,11H2,1H3,(H2,18,21). The fourth-order valence-corrected chi connectivity index (χ4v) is 2.72. The number of halogens is 1. The molecule has 0 unspecified atom stereocenters. The van der Waals surface area contributed by atoms with E-state index in [0.717, 1.165) is 18.9 Å². The average Bonchev–Trinajstić information content (AvgIpc) is 2.46. The first-order chi connectivity index (χ1) is 10.1. The van der Waals surface area contributed by atoms with Crippen LogP contribution in [-0.4, -0.2) is 37.5 Å². The second kappa shape index (κ2) is 7.52. The third-order valence-electron chi connectivity index (χ3n) is 4.22. The van der Waals surface area contributed by atoms with Crippen molar-refractivity contribution in [2.45, 2.75) is 25.8 Å². The normalized spacial score (nSPS) is 17.0. The highest BCUT2D eigenvalue weighted by atomic mass is 19.1. The summed E-state index contributed by atoms with van der Waals surface area (Å²) in [6.45, 7) is 3.73. The van der Waals surface area contributed by atoms with E-state index in [1.165, 1.54) is 32.0 Å². The number of nitrogens with one attached hydrogen (secondary N) is 1. The molecule has 0 aromatic heterocycles. The van der Waals surface area contributed by atoms with Gasteiger partial charge in [0, 0.05) is 17.7 Å². The highest BCUT2D eigenvalue weighted by Crippen LogP contribution is 2.18. The van der Waals surface area contributed by atoms with Crippen molar-refractivity contribution in [1.29, 1.82) is 0 Å². The summed E-state index contributed by atoms with van der Waals surface area (Å²) in [5.74, 6) is -0.204. The molecule has 21 heavy (non-hydrogen) atoms. The summed E-state index contributed by atoms with van der Waals surface area (Å²) in [6.07, 6.45) is 3.63. The zero-order valence-corrected chi connectivity index (χ0v) is 12.6. The quantitative estimate of drug-likeness (QED) is 0.786. The Morgan fingerprint density at radius 3 is 2.76 bits per heavy atom. The van der Waals surface area contributed by atoms with Crippen LogP contribution in [0.3, 0.4) is 0 Å². The summed E-state index contributed by atoms with van der Waals surface area (Å²) in [4.78, 5) is 13.3. The number of primary amides is 1. The lowest BCUT2D eigenvalue weighted by Crippen LogP contribution is -2.31. The maximum Gasteiger partial charge on any atom is 0.248 e. The lowest BCUT2D eigenvalue weighted by atomic mass is 9.94. The Kier molecular flexibility index (Phi) is 5.70.